The van der Waals surface area contributed by atoms with E-state index in [1.54, 1.807) is 7.11 Å². The van der Waals surface area contributed by atoms with E-state index < -0.39 is 0 Å². The van der Waals surface area contributed by atoms with Crippen LogP contribution in [0.3, 0.4) is 0 Å². The summed E-state index contributed by atoms with van der Waals surface area (Å²) in [5.41, 5.74) is 3.47. The van der Waals surface area contributed by atoms with Crippen molar-refractivity contribution in [2.45, 2.75) is 6.61 Å². The van der Waals surface area contributed by atoms with E-state index in [0.29, 0.717) is 31.0 Å². The molecule has 4 aromatic rings. The number of rotatable bonds is 6. The molecule has 0 N–H and O–H groups in total. The molecule has 2 aromatic carbocycles. The van der Waals surface area contributed by atoms with E-state index in [1.807, 2.05) is 82.4 Å². The molecule has 0 radical (unpaired) electrons. The van der Waals surface area contributed by atoms with Gasteiger partial charge in [-0.05, 0) is 42.5 Å². The van der Waals surface area contributed by atoms with Crippen LogP contribution in [0.25, 0.3) is 5.65 Å². The summed E-state index contributed by atoms with van der Waals surface area (Å²) in [5, 5.41) is 0. The Labute approximate surface area is 192 Å². The number of ether oxygens (including phenoxy) is 2. The first-order chi connectivity index (χ1) is 16.2. The smallest absolute Gasteiger partial charge is 0.254 e. The van der Waals surface area contributed by atoms with E-state index in [9.17, 15) is 4.79 Å². The van der Waals surface area contributed by atoms with Crippen molar-refractivity contribution in [1.82, 2.24) is 14.3 Å². The molecule has 1 aliphatic rings. The summed E-state index contributed by atoms with van der Waals surface area (Å²) in [6.45, 7) is 3.25. The number of carbonyl (C=O) groups excluding carboxylic acids is 1. The van der Waals surface area contributed by atoms with E-state index in [1.165, 1.54) is 0 Å². The Morgan fingerprint density at radius 3 is 2.58 bits per heavy atom. The van der Waals surface area contributed by atoms with Crippen LogP contribution in [0.2, 0.25) is 0 Å². The van der Waals surface area contributed by atoms with E-state index >= 15 is 0 Å². The maximum absolute atomic E-state index is 13.1. The number of amides is 1. The fraction of sp³-hybridized carbons (Fsp3) is 0.231. The Balaban J connectivity index is 1.20. The quantitative estimate of drug-likeness (QED) is 0.454. The Kier molecular flexibility index (Phi) is 5.85. The third-order valence-electron chi connectivity index (χ3n) is 5.87. The molecule has 7 heteroatoms. The first-order valence-electron chi connectivity index (χ1n) is 11.0. The van der Waals surface area contributed by atoms with Gasteiger partial charge >= 0.3 is 0 Å². The van der Waals surface area contributed by atoms with Crippen LogP contribution in [0.15, 0.2) is 79.1 Å². The Hall–Kier alpha value is -4.00. The van der Waals surface area contributed by atoms with E-state index in [-0.39, 0.29) is 5.91 Å². The first-order valence-corrected chi connectivity index (χ1v) is 11.0. The predicted molar refractivity (Wildman–Crippen MR) is 127 cm³/mol. The number of hydrogen-bond acceptors (Lipinski definition) is 5. The van der Waals surface area contributed by atoms with Gasteiger partial charge < -0.3 is 23.7 Å². The zero-order valence-corrected chi connectivity index (χ0v) is 18.6. The van der Waals surface area contributed by atoms with Crippen LogP contribution in [-0.2, 0) is 6.61 Å². The Bertz CT molecular complexity index is 1230. The average molecular weight is 443 g/mol. The fourth-order valence-electron chi connectivity index (χ4n) is 4.09. The number of carbonyl (C=O) groups is 1. The summed E-state index contributed by atoms with van der Waals surface area (Å²) in [7, 11) is 1.67. The van der Waals surface area contributed by atoms with Crippen molar-refractivity contribution in [3.05, 3.63) is 90.4 Å². The Morgan fingerprint density at radius 2 is 1.76 bits per heavy atom. The molecule has 168 valence electrons. The number of imidazole rings is 1. The zero-order chi connectivity index (χ0) is 22.6. The monoisotopic (exact) mass is 442 g/mol. The maximum Gasteiger partial charge on any atom is 0.254 e. The number of benzene rings is 2. The molecular weight excluding hydrogens is 416 g/mol. The predicted octanol–water partition coefficient (Wildman–Crippen LogP) is 3.88. The summed E-state index contributed by atoms with van der Waals surface area (Å²) in [6, 6.07) is 21.3. The molecule has 1 saturated heterocycles. The minimum Gasteiger partial charge on any atom is -0.497 e. The summed E-state index contributed by atoms with van der Waals surface area (Å²) in [5.74, 6) is 1.53. The van der Waals surface area contributed by atoms with Gasteiger partial charge in [0, 0.05) is 55.9 Å². The highest BCUT2D eigenvalue weighted by atomic mass is 16.5. The lowest BCUT2D eigenvalue weighted by atomic mass is 10.1. The molecule has 0 unspecified atom stereocenters. The summed E-state index contributed by atoms with van der Waals surface area (Å²) < 4.78 is 13.2. The van der Waals surface area contributed by atoms with Gasteiger partial charge in [-0.15, -0.1) is 0 Å². The minimum atomic E-state index is 0.0264. The van der Waals surface area contributed by atoms with Crippen LogP contribution >= 0.6 is 0 Å². The molecule has 0 spiro atoms. The van der Waals surface area contributed by atoms with Crippen molar-refractivity contribution in [3.8, 4) is 11.5 Å². The normalized spacial score (nSPS) is 13.8. The largest absolute Gasteiger partial charge is 0.497 e. The molecule has 0 aliphatic carbocycles. The molecule has 2 aromatic heterocycles. The molecule has 5 rings (SSSR count). The number of piperazine rings is 1. The van der Waals surface area contributed by atoms with Crippen LogP contribution in [-0.4, -0.2) is 53.5 Å². The van der Waals surface area contributed by atoms with Crippen LogP contribution in [0.5, 0.6) is 11.5 Å². The second kappa shape index (κ2) is 9.24. The molecule has 0 atom stereocenters. The van der Waals surface area contributed by atoms with Gasteiger partial charge in [0.05, 0.1) is 12.8 Å². The van der Waals surface area contributed by atoms with Gasteiger partial charge in [0.15, 0.2) is 0 Å². The average Bonchev–Trinajstić information content (AvgIpc) is 3.30. The summed E-state index contributed by atoms with van der Waals surface area (Å²) in [4.78, 5) is 21.8. The molecule has 0 bridgehead atoms. The summed E-state index contributed by atoms with van der Waals surface area (Å²) >= 11 is 0. The van der Waals surface area contributed by atoms with Crippen LogP contribution in [0.4, 0.5) is 5.69 Å². The number of pyridine rings is 1. The fourth-order valence-corrected chi connectivity index (χ4v) is 4.09. The van der Waals surface area contributed by atoms with Gasteiger partial charge in [-0.3, -0.25) is 4.79 Å². The lowest BCUT2D eigenvalue weighted by Crippen LogP contribution is -2.48. The van der Waals surface area contributed by atoms with Crippen molar-refractivity contribution in [2.24, 2.45) is 0 Å². The van der Waals surface area contributed by atoms with Crippen molar-refractivity contribution < 1.29 is 14.3 Å². The van der Waals surface area contributed by atoms with Crippen LogP contribution < -0.4 is 14.4 Å². The number of aromatic nitrogens is 2. The lowest BCUT2D eigenvalue weighted by molar-refractivity contribution is 0.0746. The van der Waals surface area contributed by atoms with Gasteiger partial charge in [-0.25, -0.2) is 4.98 Å². The van der Waals surface area contributed by atoms with Crippen LogP contribution in [0.1, 0.15) is 16.1 Å². The number of hydrogen-bond donors (Lipinski definition) is 0. The summed E-state index contributed by atoms with van der Waals surface area (Å²) in [6.07, 6.45) is 3.91. The maximum atomic E-state index is 13.1. The second-order valence-electron chi connectivity index (χ2n) is 8.00. The van der Waals surface area contributed by atoms with Crippen molar-refractivity contribution in [1.29, 1.82) is 0 Å². The number of nitrogens with zero attached hydrogens (tertiary/aromatic N) is 4. The molecule has 1 amide bonds. The highest BCUT2D eigenvalue weighted by Crippen LogP contribution is 2.23. The van der Waals surface area contributed by atoms with Crippen LogP contribution in [0, 0.1) is 0 Å². The van der Waals surface area contributed by atoms with Gasteiger partial charge in [0.25, 0.3) is 5.91 Å². The molecule has 1 fully saturated rings. The molecule has 3 heterocycles. The molecule has 7 nitrogen and oxygen atoms in total. The highest BCUT2D eigenvalue weighted by Gasteiger charge is 2.23. The molecule has 0 saturated carbocycles. The van der Waals surface area contributed by atoms with Gasteiger partial charge in [0.2, 0.25) is 0 Å². The third kappa shape index (κ3) is 4.62. The zero-order valence-electron chi connectivity index (χ0n) is 18.6. The number of methoxy groups -OCH3 is 1. The highest BCUT2D eigenvalue weighted by molar-refractivity contribution is 5.94. The Morgan fingerprint density at radius 1 is 0.939 bits per heavy atom. The van der Waals surface area contributed by atoms with E-state index in [4.69, 9.17) is 9.47 Å². The first kappa shape index (κ1) is 20.9. The number of fused-ring (bicyclic) bond motifs is 1. The number of anilines is 1. The van der Waals surface area contributed by atoms with Gasteiger partial charge in [0.1, 0.15) is 23.8 Å². The topological polar surface area (TPSA) is 59.3 Å². The third-order valence-corrected chi connectivity index (χ3v) is 5.87. The standard InChI is InChI=1S/C26H26N4O3/c1-32-23-8-5-7-22(17-23)28-12-14-29(15-13-28)26(31)20-6-4-9-24(16-20)33-19-21-18-30-11-3-2-10-25(30)27-21/h2-11,16-18H,12-15,19H2,1H3. The van der Waals surface area contributed by atoms with Gasteiger partial charge in [-0.1, -0.05) is 18.2 Å². The second-order valence-corrected chi connectivity index (χ2v) is 8.00. The van der Waals surface area contributed by atoms with Crippen molar-refractivity contribution >= 4 is 17.2 Å². The van der Waals surface area contributed by atoms with Crippen molar-refractivity contribution in [2.75, 3.05) is 38.2 Å². The SMILES string of the molecule is COc1cccc(N2CCN(C(=O)c3cccc(OCc4cn5ccccc5n4)c3)CC2)c1. The van der Waals surface area contributed by atoms with Crippen molar-refractivity contribution in [3.63, 3.8) is 0 Å². The minimum absolute atomic E-state index is 0.0264. The molecular formula is C26H26N4O3. The van der Waals surface area contributed by atoms with E-state index in [0.717, 1.165) is 35.9 Å². The lowest BCUT2D eigenvalue weighted by Gasteiger charge is -2.36. The van der Waals surface area contributed by atoms with E-state index in [2.05, 4.69) is 16.0 Å². The molecule has 1 aliphatic heterocycles. The molecule has 33 heavy (non-hydrogen) atoms. The van der Waals surface area contributed by atoms with Gasteiger partial charge in [-0.2, -0.15) is 0 Å².